The minimum absolute atomic E-state index is 0.107. The molecule has 0 spiro atoms. The van der Waals surface area contributed by atoms with Gasteiger partial charge in [-0.15, -0.1) is 0 Å². The van der Waals surface area contributed by atoms with E-state index in [2.05, 4.69) is 15.8 Å². The molecule has 32 heavy (non-hydrogen) atoms. The van der Waals surface area contributed by atoms with E-state index in [1.807, 2.05) is 16.7 Å². The van der Waals surface area contributed by atoms with E-state index in [0.29, 0.717) is 0 Å². The lowest BCUT2D eigenvalue weighted by Gasteiger charge is -2.21. The number of amides is 5. The number of benzene rings is 2. The van der Waals surface area contributed by atoms with Crippen LogP contribution in [0.25, 0.3) is 0 Å². The summed E-state index contributed by atoms with van der Waals surface area (Å²) < 4.78 is 0. The molecule has 0 radical (unpaired) electrons. The summed E-state index contributed by atoms with van der Waals surface area (Å²) in [7, 11) is 0. The molecule has 3 rings (SSSR count). The first-order valence-corrected chi connectivity index (χ1v) is 8.84. The molecule has 2 aromatic rings. The molecule has 1 aliphatic heterocycles. The van der Waals surface area contributed by atoms with Crippen molar-refractivity contribution < 1.29 is 24.1 Å². The second kappa shape index (κ2) is 9.13. The number of nitro groups is 1. The van der Waals surface area contributed by atoms with Gasteiger partial charge in [-0.25, -0.2) is 4.79 Å². The van der Waals surface area contributed by atoms with Crippen LogP contribution in [0.5, 0.6) is 0 Å². The van der Waals surface area contributed by atoms with E-state index in [-0.39, 0.29) is 22.6 Å². The molecule has 0 bridgehead atoms. The summed E-state index contributed by atoms with van der Waals surface area (Å²) in [6, 6.07) is 11.8. The van der Waals surface area contributed by atoms with Crippen molar-refractivity contribution in [3.8, 4) is 6.07 Å². The van der Waals surface area contributed by atoms with Crippen molar-refractivity contribution >= 4 is 46.5 Å². The lowest BCUT2D eigenvalue weighted by Crippen LogP contribution is -2.59. The van der Waals surface area contributed by atoms with Gasteiger partial charge in [0.25, 0.3) is 11.6 Å². The highest BCUT2D eigenvalue weighted by atomic mass is 16.6. The second-order valence-electron chi connectivity index (χ2n) is 6.26. The average molecular weight is 435 g/mol. The fraction of sp³-hybridized carbons (Fsp3) is 0.0526. The number of hydrogen-bond donors (Lipinski definition) is 4. The molecule has 0 unspecified atom stereocenters. The maximum absolute atomic E-state index is 12.9. The number of nitro benzene ring substituents is 1. The Kier molecular flexibility index (Phi) is 6.16. The number of nitrogens with one attached hydrogen (secondary N) is 4. The number of nitrogens with zero attached hydrogens (tertiary/aromatic N) is 3. The lowest BCUT2D eigenvalue weighted by atomic mass is 9.98. The standard InChI is InChI=1S/C19H13N7O6/c20-9-10-3-1-2-4-13(10)21-18(29)15(14-16(27)22-19(30)23-17(14)28)25-24-11-5-7-12(8-6-11)26(31)32/h1-8,14,24H,(H,21,29)(H2,22,23,27,28,30). The minimum Gasteiger partial charge on any atom is -0.320 e. The van der Waals surface area contributed by atoms with Gasteiger partial charge >= 0.3 is 6.03 Å². The number of nitriles is 1. The van der Waals surface area contributed by atoms with Crippen molar-refractivity contribution in [3.63, 3.8) is 0 Å². The zero-order chi connectivity index (χ0) is 23.3. The smallest absolute Gasteiger partial charge is 0.320 e. The molecule has 0 aromatic heterocycles. The number of rotatable bonds is 6. The van der Waals surface area contributed by atoms with Gasteiger partial charge in [0.2, 0.25) is 11.8 Å². The van der Waals surface area contributed by atoms with Crippen LogP contribution in [0.1, 0.15) is 5.56 Å². The van der Waals surface area contributed by atoms with E-state index in [1.165, 1.54) is 36.4 Å². The Balaban J connectivity index is 1.94. The van der Waals surface area contributed by atoms with Crippen LogP contribution in [0.3, 0.4) is 0 Å². The molecule has 160 valence electrons. The van der Waals surface area contributed by atoms with Crippen molar-refractivity contribution in [3.05, 3.63) is 64.2 Å². The Morgan fingerprint density at radius 3 is 2.28 bits per heavy atom. The van der Waals surface area contributed by atoms with E-state index >= 15 is 0 Å². The van der Waals surface area contributed by atoms with E-state index in [4.69, 9.17) is 0 Å². The zero-order valence-electron chi connectivity index (χ0n) is 16.0. The third kappa shape index (κ3) is 4.71. The molecule has 1 heterocycles. The predicted octanol–water partition coefficient (Wildman–Crippen LogP) is 0.855. The summed E-state index contributed by atoms with van der Waals surface area (Å²) in [5, 5.41) is 29.9. The van der Waals surface area contributed by atoms with Gasteiger partial charge in [0.1, 0.15) is 11.8 Å². The quantitative estimate of drug-likeness (QED) is 0.222. The zero-order valence-corrected chi connectivity index (χ0v) is 16.0. The molecule has 13 heteroatoms. The summed E-state index contributed by atoms with van der Waals surface area (Å²) in [6.45, 7) is 0. The number of para-hydroxylation sites is 1. The van der Waals surface area contributed by atoms with E-state index in [9.17, 15) is 34.6 Å². The Morgan fingerprint density at radius 2 is 1.69 bits per heavy atom. The van der Waals surface area contributed by atoms with Crippen LogP contribution in [-0.4, -0.2) is 34.4 Å². The van der Waals surface area contributed by atoms with Crippen LogP contribution in [0, 0.1) is 27.4 Å². The Hall–Kier alpha value is -5.12. The highest BCUT2D eigenvalue weighted by molar-refractivity contribution is 6.51. The number of carbonyl (C=O) groups is 4. The van der Waals surface area contributed by atoms with Gasteiger partial charge in [0.05, 0.1) is 21.9 Å². The highest BCUT2D eigenvalue weighted by Gasteiger charge is 2.41. The van der Waals surface area contributed by atoms with Gasteiger partial charge in [-0.1, -0.05) is 12.1 Å². The number of hydrazone groups is 1. The third-order valence-electron chi connectivity index (χ3n) is 4.18. The van der Waals surface area contributed by atoms with E-state index in [0.717, 1.165) is 0 Å². The van der Waals surface area contributed by atoms with Crippen LogP contribution in [0.4, 0.5) is 21.9 Å². The monoisotopic (exact) mass is 435 g/mol. The van der Waals surface area contributed by atoms with Gasteiger partial charge < -0.3 is 5.32 Å². The van der Waals surface area contributed by atoms with Crippen molar-refractivity contribution in [1.29, 1.82) is 5.26 Å². The highest BCUT2D eigenvalue weighted by Crippen LogP contribution is 2.18. The van der Waals surface area contributed by atoms with Crippen molar-refractivity contribution in [2.45, 2.75) is 0 Å². The van der Waals surface area contributed by atoms with Crippen LogP contribution in [-0.2, 0) is 14.4 Å². The molecule has 13 nitrogen and oxygen atoms in total. The predicted molar refractivity (Wildman–Crippen MR) is 109 cm³/mol. The van der Waals surface area contributed by atoms with Crippen molar-refractivity contribution in [2.24, 2.45) is 11.0 Å². The average Bonchev–Trinajstić information content (AvgIpc) is 2.76. The maximum Gasteiger partial charge on any atom is 0.328 e. The number of carbonyl (C=O) groups excluding carboxylic acids is 4. The van der Waals surface area contributed by atoms with Crippen molar-refractivity contribution in [1.82, 2.24) is 10.6 Å². The topological polar surface area (TPSA) is 196 Å². The Morgan fingerprint density at radius 1 is 1.06 bits per heavy atom. The first-order valence-electron chi connectivity index (χ1n) is 8.84. The Bertz CT molecular complexity index is 1180. The number of barbiturate groups is 1. The number of anilines is 2. The summed E-state index contributed by atoms with van der Waals surface area (Å²) in [4.78, 5) is 58.9. The first-order chi connectivity index (χ1) is 15.3. The van der Waals surface area contributed by atoms with Gasteiger partial charge in [-0.05, 0) is 24.3 Å². The number of imide groups is 2. The largest absolute Gasteiger partial charge is 0.328 e. The molecule has 0 saturated carbocycles. The minimum atomic E-state index is -1.78. The molecule has 4 N–H and O–H groups in total. The van der Waals surface area contributed by atoms with Crippen LogP contribution >= 0.6 is 0 Å². The van der Waals surface area contributed by atoms with Gasteiger partial charge in [-0.3, -0.25) is 40.6 Å². The second-order valence-corrected chi connectivity index (χ2v) is 6.26. The summed E-state index contributed by atoms with van der Waals surface area (Å²) >= 11 is 0. The fourth-order valence-electron chi connectivity index (χ4n) is 2.67. The fourth-order valence-corrected chi connectivity index (χ4v) is 2.67. The summed E-state index contributed by atoms with van der Waals surface area (Å²) in [5.74, 6) is -4.93. The third-order valence-corrected chi connectivity index (χ3v) is 4.18. The van der Waals surface area contributed by atoms with Crippen LogP contribution < -0.4 is 21.4 Å². The van der Waals surface area contributed by atoms with E-state index in [1.54, 1.807) is 12.1 Å². The molecule has 0 aliphatic carbocycles. The first kappa shape index (κ1) is 21.6. The number of urea groups is 1. The van der Waals surface area contributed by atoms with Gasteiger partial charge in [-0.2, -0.15) is 10.4 Å². The Labute approximate surface area is 179 Å². The van der Waals surface area contributed by atoms with Gasteiger partial charge in [0, 0.05) is 12.1 Å². The molecule has 2 aromatic carbocycles. The lowest BCUT2D eigenvalue weighted by molar-refractivity contribution is -0.384. The molecule has 5 amide bonds. The van der Waals surface area contributed by atoms with Crippen molar-refractivity contribution in [2.75, 3.05) is 10.7 Å². The molecule has 0 atom stereocenters. The SMILES string of the molecule is N#Cc1ccccc1NC(=O)C(=NNc1ccc([N+](=O)[O-])cc1)C1C(=O)NC(=O)NC1=O. The molecule has 1 aliphatic rings. The van der Waals surface area contributed by atoms with Gasteiger partial charge in [0.15, 0.2) is 5.92 Å². The van der Waals surface area contributed by atoms with Crippen LogP contribution in [0.15, 0.2) is 53.6 Å². The summed E-state index contributed by atoms with van der Waals surface area (Å²) in [6.07, 6.45) is 0. The van der Waals surface area contributed by atoms with E-state index < -0.39 is 40.3 Å². The number of non-ortho nitro benzene ring substituents is 1. The maximum atomic E-state index is 12.9. The van der Waals surface area contributed by atoms with Crippen LogP contribution in [0.2, 0.25) is 0 Å². The molecule has 1 saturated heterocycles. The molecular formula is C19H13N7O6. The molecular weight excluding hydrogens is 422 g/mol. The number of hydrogen-bond acceptors (Lipinski definition) is 9. The normalized spacial score (nSPS) is 14.1. The molecule has 1 fully saturated rings. The summed E-state index contributed by atoms with van der Waals surface area (Å²) in [5.41, 5.74) is 2.10.